The Labute approximate surface area is 211 Å². The maximum absolute atomic E-state index is 5.65. The summed E-state index contributed by atoms with van der Waals surface area (Å²) in [5.41, 5.74) is 4.01. The predicted octanol–water partition coefficient (Wildman–Crippen LogP) is 4.08. The van der Waals surface area contributed by atoms with E-state index < -0.39 is 0 Å². The first-order chi connectivity index (χ1) is 17.1. The van der Waals surface area contributed by atoms with Crippen molar-refractivity contribution in [1.29, 1.82) is 0 Å². The number of hydrogen-bond donors (Lipinski definition) is 2. The van der Waals surface area contributed by atoms with Gasteiger partial charge in [-0.2, -0.15) is 9.97 Å². The average molecular weight is 490 g/mol. The number of nitrogens with one attached hydrogen (secondary N) is 2. The van der Waals surface area contributed by atoms with Crippen LogP contribution in [0.4, 0.5) is 11.8 Å². The third kappa shape index (κ3) is 5.39. The van der Waals surface area contributed by atoms with E-state index in [1.165, 1.54) is 16.7 Å². The van der Waals surface area contributed by atoms with Gasteiger partial charge in [-0.3, -0.25) is 0 Å². The molecule has 5 rings (SSSR count). The lowest BCUT2D eigenvalue weighted by atomic mass is 9.74. The van der Waals surface area contributed by atoms with Crippen LogP contribution >= 0.6 is 12.2 Å². The summed E-state index contributed by atoms with van der Waals surface area (Å²) in [6.45, 7) is 3.91. The van der Waals surface area contributed by atoms with Crippen molar-refractivity contribution in [3.8, 4) is 5.88 Å². The smallest absolute Gasteiger partial charge is 0.234 e. The topological polar surface area (TPSA) is 71.5 Å². The molecule has 0 unspecified atom stereocenters. The first-order valence-corrected chi connectivity index (χ1v) is 12.5. The average Bonchev–Trinajstić information content (AvgIpc) is 2.92. The minimum atomic E-state index is -0.0210. The molecule has 0 radical (unpaired) electrons. The highest BCUT2D eigenvalue weighted by Crippen LogP contribution is 2.34. The van der Waals surface area contributed by atoms with Crippen LogP contribution in [0.25, 0.3) is 0 Å². The number of benzene rings is 2. The van der Waals surface area contributed by atoms with E-state index in [-0.39, 0.29) is 5.41 Å². The molecule has 2 N–H and O–H groups in total. The Morgan fingerprint density at radius 3 is 2.57 bits per heavy atom. The second kappa shape index (κ2) is 10.6. The zero-order valence-corrected chi connectivity index (χ0v) is 20.8. The summed E-state index contributed by atoms with van der Waals surface area (Å²) in [6, 6.07) is 21.1. The van der Waals surface area contributed by atoms with E-state index in [1.54, 1.807) is 7.11 Å². The van der Waals surface area contributed by atoms with E-state index in [1.807, 2.05) is 6.07 Å². The van der Waals surface area contributed by atoms with Crippen molar-refractivity contribution >= 4 is 29.1 Å². The van der Waals surface area contributed by atoms with Crippen molar-refractivity contribution in [3.05, 3.63) is 77.4 Å². The van der Waals surface area contributed by atoms with Gasteiger partial charge in [0, 0.05) is 44.3 Å². The fourth-order valence-corrected chi connectivity index (χ4v) is 5.11. The molecule has 1 saturated heterocycles. The molecule has 35 heavy (non-hydrogen) atoms. The Morgan fingerprint density at radius 2 is 1.80 bits per heavy atom. The molecule has 182 valence electrons. The Kier molecular flexibility index (Phi) is 7.11. The minimum Gasteiger partial charge on any atom is -0.481 e. The molecule has 0 saturated carbocycles. The zero-order valence-electron chi connectivity index (χ0n) is 20.0. The van der Waals surface area contributed by atoms with Crippen LogP contribution in [-0.2, 0) is 23.1 Å². The lowest BCUT2D eigenvalue weighted by Crippen LogP contribution is -2.45. The van der Waals surface area contributed by atoms with Gasteiger partial charge in [-0.05, 0) is 48.2 Å². The zero-order chi connectivity index (χ0) is 24.1. The van der Waals surface area contributed by atoms with Gasteiger partial charge in [0.25, 0.3) is 0 Å². The van der Waals surface area contributed by atoms with Crippen LogP contribution in [0.1, 0.15) is 29.5 Å². The molecule has 1 fully saturated rings. The quantitative estimate of drug-likeness (QED) is 0.502. The Balaban J connectivity index is 1.28. The van der Waals surface area contributed by atoms with Gasteiger partial charge in [0.2, 0.25) is 11.8 Å². The molecule has 2 aliphatic rings. The number of ether oxygens (including phenoxy) is 2. The van der Waals surface area contributed by atoms with Crippen molar-refractivity contribution in [2.24, 2.45) is 0 Å². The summed E-state index contributed by atoms with van der Waals surface area (Å²) in [6.07, 6.45) is 2.88. The van der Waals surface area contributed by atoms with E-state index in [4.69, 9.17) is 26.7 Å². The number of thiocarbonyl (C=S) groups is 1. The highest BCUT2D eigenvalue weighted by Gasteiger charge is 2.34. The number of rotatable bonds is 6. The van der Waals surface area contributed by atoms with Gasteiger partial charge in [0.15, 0.2) is 5.11 Å². The second-order valence-corrected chi connectivity index (χ2v) is 9.51. The number of aromatic nitrogens is 2. The van der Waals surface area contributed by atoms with Gasteiger partial charge in [-0.1, -0.05) is 54.6 Å². The van der Waals surface area contributed by atoms with Gasteiger partial charge < -0.3 is 25.0 Å². The summed E-state index contributed by atoms with van der Waals surface area (Å²) < 4.78 is 11.1. The molecule has 0 atom stereocenters. The molecule has 3 aromatic rings. The molecule has 2 aromatic carbocycles. The van der Waals surface area contributed by atoms with Crippen LogP contribution < -0.4 is 20.3 Å². The summed E-state index contributed by atoms with van der Waals surface area (Å²) in [7, 11) is 1.62. The standard InChI is InChI=1S/C27H31N5O2S/c1-33-24-17-23(32-14-11-20-7-5-6-8-21(20)18-32)29-25(30-24)31-26(35)28-19-27(12-15-34-16-13-27)22-9-3-2-4-10-22/h2-10,17H,11-16,18-19H2,1H3,(H2,28,29,30,31,35). The van der Waals surface area contributed by atoms with Crippen LogP contribution in [-0.4, -0.2) is 48.5 Å². The summed E-state index contributed by atoms with van der Waals surface area (Å²) in [4.78, 5) is 11.5. The number of fused-ring (bicyclic) bond motifs is 1. The van der Waals surface area contributed by atoms with Crippen LogP contribution in [0.3, 0.4) is 0 Å². The summed E-state index contributed by atoms with van der Waals surface area (Å²) >= 11 is 5.65. The van der Waals surface area contributed by atoms with Crippen molar-refractivity contribution in [2.75, 3.05) is 43.6 Å². The third-order valence-electron chi connectivity index (χ3n) is 7.00. The molecule has 1 aromatic heterocycles. The van der Waals surface area contributed by atoms with Crippen LogP contribution in [0, 0.1) is 0 Å². The first-order valence-electron chi connectivity index (χ1n) is 12.1. The van der Waals surface area contributed by atoms with Gasteiger partial charge in [-0.25, -0.2) is 0 Å². The highest BCUT2D eigenvalue weighted by molar-refractivity contribution is 7.80. The van der Waals surface area contributed by atoms with Crippen LogP contribution in [0.5, 0.6) is 5.88 Å². The van der Waals surface area contributed by atoms with Crippen LogP contribution in [0.2, 0.25) is 0 Å². The van der Waals surface area contributed by atoms with Gasteiger partial charge >= 0.3 is 0 Å². The minimum absolute atomic E-state index is 0.0210. The van der Waals surface area contributed by atoms with Gasteiger partial charge in [0.1, 0.15) is 5.82 Å². The monoisotopic (exact) mass is 489 g/mol. The molecule has 0 aliphatic carbocycles. The van der Waals surface area contributed by atoms with Crippen molar-refractivity contribution in [2.45, 2.75) is 31.2 Å². The van der Waals surface area contributed by atoms with E-state index in [9.17, 15) is 0 Å². The molecule has 3 heterocycles. The second-order valence-electron chi connectivity index (χ2n) is 9.10. The van der Waals surface area contributed by atoms with E-state index in [2.05, 4.69) is 75.1 Å². The van der Waals surface area contributed by atoms with Crippen LogP contribution in [0.15, 0.2) is 60.7 Å². The Hall–Kier alpha value is -3.23. The normalized spacial score (nSPS) is 16.8. The number of nitrogens with zero attached hydrogens (tertiary/aromatic N) is 3. The number of methoxy groups -OCH3 is 1. The lowest BCUT2D eigenvalue weighted by molar-refractivity contribution is 0.0515. The predicted molar refractivity (Wildman–Crippen MR) is 142 cm³/mol. The fraction of sp³-hybridized carbons (Fsp3) is 0.370. The molecular formula is C27H31N5O2S. The molecular weight excluding hydrogens is 458 g/mol. The molecule has 7 nitrogen and oxygen atoms in total. The lowest BCUT2D eigenvalue weighted by Gasteiger charge is -2.38. The SMILES string of the molecule is COc1cc(N2CCc3ccccc3C2)nc(NC(=S)NCC2(c3ccccc3)CCOCC2)n1. The van der Waals surface area contributed by atoms with Crippen molar-refractivity contribution in [1.82, 2.24) is 15.3 Å². The number of hydrogen-bond acceptors (Lipinski definition) is 6. The molecule has 0 bridgehead atoms. The Morgan fingerprint density at radius 1 is 1.06 bits per heavy atom. The first kappa shape index (κ1) is 23.5. The number of anilines is 2. The van der Waals surface area contributed by atoms with Crippen molar-refractivity contribution in [3.63, 3.8) is 0 Å². The Bertz CT molecular complexity index is 1170. The maximum Gasteiger partial charge on any atom is 0.234 e. The molecule has 2 aliphatic heterocycles. The maximum atomic E-state index is 5.65. The summed E-state index contributed by atoms with van der Waals surface area (Å²) in [5.74, 6) is 1.75. The van der Waals surface area contributed by atoms with Gasteiger partial charge in [0.05, 0.1) is 7.11 Å². The summed E-state index contributed by atoms with van der Waals surface area (Å²) in [5, 5.41) is 7.10. The van der Waals surface area contributed by atoms with E-state index in [0.29, 0.717) is 23.5 Å². The van der Waals surface area contributed by atoms with Gasteiger partial charge in [-0.15, -0.1) is 0 Å². The molecule has 0 spiro atoms. The molecule has 8 heteroatoms. The van der Waals surface area contributed by atoms with E-state index >= 15 is 0 Å². The fourth-order valence-electron chi connectivity index (χ4n) is 4.94. The largest absolute Gasteiger partial charge is 0.481 e. The highest BCUT2D eigenvalue weighted by atomic mass is 32.1. The van der Waals surface area contributed by atoms with E-state index in [0.717, 1.165) is 51.4 Å². The van der Waals surface area contributed by atoms with Crippen molar-refractivity contribution < 1.29 is 9.47 Å². The third-order valence-corrected chi connectivity index (χ3v) is 7.25. The molecule has 0 amide bonds.